The molecule has 1 saturated carbocycles. The summed E-state index contributed by atoms with van der Waals surface area (Å²) in [4.78, 5) is 0. The van der Waals surface area contributed by atoms with E-state index in [0.717, 1.165) is 31.2 Å². The molecule has 1 aromatic carbocycles. The molecule has 0 N–H and O–H groups in total. The normalized spacial score (nSPS) is 18.7. The van der Waals surface area contributed by atoms with Gasteiger partial charge in [0.2, 0.25) is 0 Å². The van der Waals surface area contributed by atoms with Crippen molar-refractivity contribution in [3.05, 3.63) is 28.0 Å². The summed E-state index contributed by atoms with van der Waals surface area (Å²) in [5.41, 5.74) is 0.559. The van der Waals surface area contributed by atoms with Gasteiger partial charge in [-0.05, 0) is 46.5 Å². The zero-order chi connectivity index (χ0) is 13.2. The van der Waals surface area contributed by atoms with E-state index in [1.54, 1.807) is 13.2 Å². The van der Waals surface area contributed by atoms with Gasteiger partial charge >= 0.3 is 0 Å². The zero-order valence-corrected chi connectivity index (χ0v) is 12.3. The molecule has 0 atom stereocenters. The van der Waals surface area contributed by atoms with Crippen LogP contribution in [0.2, 0.25) is 0 Å². The predicted octanol–water partition coefficient (Wildman–Crippen LogP) is 4.40. The van der Waals surface area contributed by atoms with Gasteiger partial charge in [0.1, 0.15) is 0 Å². The molecular weight excluding hydrogens is 299 g/mol. The molecule has 0 unspecified atom stereocenters. The third kappa shape index (κ3) is 2.41. The molecule has 0 spiro atoms. The van der Waals surface area contributed by atoms with Crippen LogP contribution in [0, 0.1) is 5.82 Å². The number of halogens is 2. The van der Waals surface area contributed by atoms with E-state index in [2.05, 4.69) is 15.9 Å². The van der Waals surface area contributed by atoms with E-state index in [0.29, 0.717) is 4.47 Å². The lowest BCUT2D eigenvalue weighted by Crippen LogP contribution is -2.31. The van der Waals surface area contributed by atoms with Crippen LogP contribution in [0.5, 0.6) is 5.75 Å². The van der Waals surface area contributed by atoms with E-state index < -0.39 is 0 Å². The number of ether oxygens (including phenoxy) is 2. The average Bonchev–Trinajstić information content (AvgIpc) is 2.39. The van der Waals surface area contributed by atoms with Gasteiger partial charge in [0.05, 0.1) is 17.2 Å². The van der Waals surface area contributed by atoms with Crippen molar-refractivity contribution < 1.29 is 13.9 Å². The molecule has 1 aromatic rings. The summed E-state index contributed by atoms with van der Waals surface area (Å²) in [6.07, 6.45) is 5.37. The largest absolute Gasteiger partial charge is 0.492 e. The van der Waals surface area contributed by atoms with Crippen molar-refractivity contribution in [2.75, 3.05) is 14.2 Å². The average molecular weight is 317 g/mol. The maximum atomic E-state index is 14.0. The van der Waals surface area contributed by atoms with Crippen molar-refractivity contribution in [3.63, 3.8) is 0 Å². The van der Waals surface area contributed by atoms with Crippen LogP contribution in [0.25, 0.3) is 0 Å². The van der Waals surface area contributed by atoms with E-state index in [9.17, 15) is 4.39 Å². The molecule has 0 saturated heterocycles. The molecule has 1 fully saturated rings. The number of hydrogen-bond acceptors (Lipinski definition) is 2. The number of rotatable bonds is 3. The van der Waals surface area contributed by atoms with Crippen LogP contribution in [-0.4, -0.2) is 14.2 Å². The van der Waals surface area contributed by atoms with E-state index >= 15 is 0 Å². The summed E-state index contributed by atoms with van der Waals surface area (Å²) >= 11 is 3.36. The second-order valence-corrected chi connectivity index (χ2v) is 5.59. The lowest BCUT2D eigenvalue weighted by molar-refractivity contribution is -0.0447. The fraction of sp³-hybridized carbons (Fsp3) is 0.571. The highest BCUT2D eigenvalue weighted by Crippen LogP contribution is 2.42. The summed E-state index contributed by atoms with van der Waals surface area (Å²) in [7, 11) is 3.18. The zero-order valence-electron chi connectivity index (χ0n) is 10.8. The van der Waals surface area contributed by atoms with Crippen molar-refractivity contribution in [3.8, 4) is 5.75 Å². The molecule has 18 heavy (non-hydrogen) atoms. The summed E-state index contributed by atoms with van der Waals surface area (Å²) in [6, 6.07) is 3.45. The van der Waals surface area contributed by atoms with Crippen LogP contribution in [-0.2, 0) is 10.3 Å². The molecule has 0 amide bonds. The Morgan fingerprint density at radius 3 is 2.33 bits per heavy atom. The van der Waals surface area contributed by atoms with Crippen LogP contribution in [0.3, 0.4) is 0 Å². The van der Waals surface area contributed by atoms with Gasteiger partial charge in [-0.2, -0.15) is 0 Å². The Balaban J connectivity index is 2.43. The van der Waals surface area contributed by atoms with Crippen molar-refractivity contribution in [2.45, 2.75) is 37.7 Å². The molecule has 2 nitrogen and oxygen atoms in total. The molecule has 0 aliphatic heterocycles. The number of benzene rings is 1. The minimum atomic E-state index is -0.344. The third-order valence-corrected chi connectivity index (χ3v) is 4.37. The minimum absolute atomic E-state index is 0.251. The highest BCUT2D eigenvalue weighted by Gasteiger charge is 2.34. The Kier molecular flexibility index (Phi) is 4.28. The minimum Gasteiger partial charge on any atom is -0.492 e. The van der Waals surface area contributed by atoms with Crippen LogP contribution in [0.15, 0.2) is 16.6 Å². The van der Waals surface area contributed by atoms with Gasteiger partial charge in [-0.15, -0.1) is 0 Å². The molecule has 0 bridgehead atoms. The van der Waals surface area contributed by atoms with Gasteiger partial charge in [0.25, 0.3) is 0 Å². The summed E-state index contributed by atoms with van der Waals surface area (Å²) in [5, 5.41) is 0. The highest BCUT2D eigenvalue weighted by atomic mass is 79.9. The maximum absolute atomic E-state index is 14.0. The molecule has 1 aliphatic carbocycles. The maximum Gasteiger partial charge on any atom is 0.168 e. The molecule has 0 heterocycles. The van der Waals surface area contributed by atoms with Crippen molar-refractivity contribution in [1.82, 2.24) is 0 Å². The van der Waals surface area contributed by atoms with Gasteiger partial charge in [0.15, 0.2) is 11.6 Å². The van der Waals surface area contributed by atoms with E-state index in [1.165, 1.54) is 13.5 Å². The number of methoxy groups -OCH3 is 2. The van der Waals surface area contributed by atoms with Gasteiger partial charge in [-0.1, -0.05) is 19.3 Å². The predicted molar refractivity (Wildman–Crippen MR) is 72.4 cm³/mol. The van der Waals surface area contributed by atoms with Gasteiger partial charge in [-0.3, -0.25) is 0 Å². The highest BCUT2D eigenvalue weighted by molar-refractivity contribution is 9.10. The van der Waals surface area contributed by atoms with Crippen LogP contribution in [0.4, 0.5) is 4.39 Å². The monoisotopic (exact) mass is 316 g/mol. The first-order valence-electron chi connectivity index (χ1n) is 6.21. The van der Waals surface area contributed by atoms with Gasteiger partial charge < -0.3 is 9.47 Å². The molecule has 1 aliphatic rings. The molecule has 0 aromatic heterocycles. The second kappa shape index (κ2) is 5.57. The van der Waals surface area contributed by atoms with Crippen LogP contribution < -0.4 is 4.74 Å². The second-order valence-electron chi connectivity index (χ2n) is 4.73. The Morgan fingerprint density at radius 1 is 1.17 bits per heavy atom. The smallest absolute Gasteiger partial charge is 0.168 e. The van der Waals surface area contributed by atoms with E-state index in [4.69, 9.17) is 9.47 Å². The fourth-order valence-corrected chi connectivity index (χ4v) is 3.35. The van der Waals surface area contributed by atoms with E-state index in [1.807, 2.05) is 6.07 Å². The molecule has 0 radical (unpaired) electrons. The molecular formula is C14H18BrFO2. The van der Waals surface area contributed by atoms with Crippen LogP contribution >= 0.6 is 15.9 Å². The quantitative estimate of drug-likeness (QED) is 0.822. The van der Waals surface area contributed by atoms with Crippen molar-refractivity contribution >= 4 is 15.9 Å². The SMILES string of the molecule is COc1c(F)cc(C2(OC)CCCCC2)cc1Br. The first-order valence-corrected chi connectivity index (χ1v) is 7.01. The lowest BCUT2D eigenvalue weighted by Gasteiger charge is -2.36. The molecule has 100 valence electrons. The Hall–Kier alpha value is -0.610. The Morgan fingerprint density at radius 2 is 1.83 bits per heavy atom. The van der Waals surface area contributed by atoms with Crippen molar-refractivity contribution in [2.24, 2.45) is 0 Å². The Labute approximate surface area is 116 Å². The van der Waals surface area contributed by atoms with Gasteiger partial charge in [-0.25, -0.2) is 4.39 Å². The molecule has 4 heteroatoms. The summed E-state index contributed by atoms with van der Waals surface area (Å²) in [5.74, 6) is -0.0929. The summed E-state index contributed by atoms with van der Waals surface area (Å²) in [6.45, 7) is 0. The Bertz CT molecular complexity index is 405. The van der Waals surface area contributed by atoms with E-state index in [-0.39, 0.29) is 17.2 Å². The summed E-state index contributed by atoms with van der Waals surface area (Å²) < 4.78 is 25.3. The number of hydrogen-bond donors (Lipinski definition) is 0. The van der Waals surface area contributed by atoms with Crippen LogP contribution in [0.1, 0.15) is 37.7 Å². The lowest BCUT2D eigenvalue weighted by atomic mass is 9.79. The first-order chi connectivity index (χ1) is 8.63. The third-order valence-electron chi connectivity index (χ3n) is 3.78. The van der Waals surface area contributed by atoms with Gasteiger partial charge in [0, 0.05) is 7.11 Å². The topological polar surface area (TPSA) is 18.5 Å². The first kappa shape index (κ1) is 13.8. The molecule has 2 rings (SSSR count). The standard InChI is InChI=1S/C14H18BrFO2/c1-17-13-11(15)8-10(9-12(13)16)14(18-2)6-4-3-5-7-14/h8-9H,3-7H2,1-2H3. The fourth-order valence-electron chi connectivity index (χ4n) is 2.75. The van der Waals surface area contributed by atoms with Crippen molar-refractivity contribution in [1.29, 1.82) is 0 Å².